The van der Waals surface area contributed by atoms with Crippen molar-refractivity contribution in [1.29, 1.82) is 0 Å². The van der Waals surface area contributed by atoms with E-state index in [0.29, 0.717) is 43.4 Å². The number of aliphatic carboxylic acids is 1. The van der Waals surface area contributed by atoms with E-state index in [-0.39, 0.29) is 6.42 Å². The lowest BCUT2D eigenvalue weighted by atomic mass is 9.77. The molecule has 3 N–H and O–H groups in total. The zero-order valence-corrected chi connectivity index (χ0v) is 18.8. The quantitative estimate of drug-likeness (QED) is 0.303. The molecule has 5 nitrogen and oxygen atoms in total. The number of hydrogen-bond acceptors (Lipinski definition) is 4. The van der Waals surface area contributed by atoms with Gasteiger partial charge in [0.1, 0.15) is 0 Å². The second-order valence-electron chi connectivity index (χ2n) is 9.38. The van der Waals surface area contributed by atoms with Gasteiger partial charge in [-0.05, 0) is 50.0 Å². The maximum absolute atomic E-state index is 11.3. The first-order valence-corrected chi connectivity index (χ1v) is 12.0. The number of ether oxygens (including phenoxy) is 1. The number of fused-ring (bicyclic) bond motifs is 2. The Morgan fingerprint density at radius 3 is 2.65 bits per heavy atom. The summed E-state index contributed by atoms with van der Waals surface area (Å²) in [7, 11) is 0. The van der Waals surface area contributed by atoms with Gasteiger partial charge in [-0.15, -0.1) is 0 Å². The predicted octanol–water partition coefficient (Wildman–Crippen LogP) is 4.34. The van der Waals surface area contributed by atoms with Gasteiger partial charge in [0.15, 0.2) is 0 Å². The Kier molecular flexibility index (Phi) is 9.12. The Balaban J connectivity index is 1.48. The second-order valence-corrected chi connectivity index (χ2v) is 9.38. The number of carboxylic acids is 1. The number of nitrogens with one attached hydrogen (secondary N) is 1. The normalized spacial score (nSPS) is 27.0. The Morgan fingerprint density at radius 1 is 1.19 bits per heavy atom. The summed E-state index contributed by atoms with van der Waals surface area (Å²) < 4.78 is 6.22. The minimum atomic E-state index is -0.728. The van der Waals surface area contributed by atoms with E-state index < -0.39 is 11.6 Å². The lowest BCUT2D eigenvalue weighted by molar-refractivity contribution is -0.137. The highest BCUT2D eigenvalue weighted by atomic mass is 16.5. The summed E-state index contributed by atoms with van der Waals surface area (Å²) in [6.07, 6.45) is 12.4. The van der Waals surface area contributed by atoms with Crippen LogP contribution in [0.2, 0.25) is 0 Å². The van der Waals surface area contributed by atoms with E-state index in [1.54, 1.807) is 0 Å². The molecule has 3 rings (SSSR count). The Labute approximate surface area is 186 Å². The molecular formula is C26H39NO4. The van der Waals surface area contributed by atoms with Crippen LogP contribution in [-0.4, -0.2) is 47.1 Å². The van der Waals surface area contributed by atoms with Gasteiger partial charge in [0.2, 0.25) is 0 Å². The van der Waals surface area contributed by atoms with Gasteiger partial charge >= 0.3 is 5.97 Å². The van der Waals surface area contributed by atoms with Crippen LogP contribution in [0.25, 0.3) is 0 Å². The SMILES string of the molecule is CCCC(O)(CNC[C@@H]1[C@@H](C/C=C\CCCC(=O)O)[C@H]2CC[C@@H]1O2)Cc1ccccc1. The summed E-state index contributed by atoms with van der Waals surface area (Å²) in [6.45, 7) is 3.60. The van der Waals surface area contributed by atoms with Crippen molar-refractivity contribution in [2.24, 2.45) is 11.8 Å². The van der Waals surface area contributed by atoms with Crippen molar-refractivity contribution in [3.63, 3.8) is 0 Å². The van der Waals surface area contributed by atoms with Crippen LogP contribution in [0.5, 0.6) is 0 Å². The third kappa shape index (κ3) is 7.16. The molecule has 0 aromatic heterocycles. The molecule has 0 spiro atoms. The average Bonchev–Trinajstić information content (AvgIpc) is 3.33. The summed E-state index contributed by atoms with van der Waals surface area (Å²) in [5.74, 6) is 0.261. The highest BCUT2D eigenvalue weighted by Gasteiger charge is 2.47. The molecule has 1 aromatic carbocycles. The molecule has 0 amide bonds. The number of hydrogen-bond donors (Lipinski definition) is 3. The summed E-state index contributed by atoms with van der Waals surface area (Å²) in [5, 5.41) is 23.6. The second kappa shape index (κ2) is 11.8. The van der Waals surface area contributed by atoms with Crippen LogP contribution in [0.15, 0.2) is 42.5 Å². The van der Waals surface area contributed by atoms with E-state index in [4.69, 9.17) is 9.84 Å². The topological polar surface area (TPSA) is 78.8 Å². The summed E-state index contributed by atoms with van der Waals surface area (Å²) in [6, 6.07) is 10.2. The number of aliphatic hydroxyl groups is 1. The maximum Gasteiger partial charge on any atom is 0.303 e. The first-order chi connectivity index (χ1) is 15.0. The number of carboxylic acid groups (broad SMARTS) is 1. The van der Waals surface area contributed by atoms with Crippen molar-refractivity contribution in [3.8, 4) is 0 Å². The molecule has 5 heteroatoms. The average molecular weight is 430 g/mol. The molecule has 2 saturated heterocycles. The van der Waals surface area contributed by atoms with E-state index in [0.717, 1.165) is 45.1 Å². The molecule has 0 aliphatic carbocycles. The molecule has 2 bridgehead atoms. The van der Waals surface area contributed by atoms with Gasteiger partial charge < -0.3 is 20.3 Å². The zero-order chi connectivity index (χ0) is 22.1. The fourth-order valence-corrected chi connectivity index (χ4v) is 5.37. The molecule has 2 fully saturated rings. The predicted molar refractivity (Wildman–Crippen MR) is 123 cm³/mol. The van der Waals surface area contributed by atoms with Gasteiger partial charge in [0.05, 0.1) is 17.8 Å². The van der Waals surface area contributed by atoms with Crippen LogP contribution in [-0.2, 0) is 16.0 Å². The minimum absolute atomic E-state index is 0.234. The van der Waals surface area contributed by atoms with Gasteiger partial charge in [-0.3, -0.25) is 4.79 Å². The van der Waals surface area contributed by atoms with Crippen molar-refractivity contribution in [1.82, 2.24) is 5.32 Å². The molecule has 31 heavy (non-hydrogen) atoms. The Bertz CT molecular complexity index is 707. The molecule has 2 aliphatic rings. The van der Waals surface area contributed by atoms with Crippen molar-refractivity contribution < 1.29 is 19.7 Å². The number of rotatable bonds is 14. The lowest BCUT2D eigenvalue weighted by Crippen LogP contribution is -2.45. The van der Waals surface area contributed by atoms with Gasteiger partial charge in [-0.2, -0.15) is 0 Å². The molecule has 1 unspecified atom stereocenters. The highest BCUT2D eigenvalue weighted by Crippen LogP contribution is 2.45. The fourth-order valence-electron chi connectivity index (χ4n) is 5.37. The van der Waals surface area contributed by atoms with E-state index in [2.05, 4.69) is 36.5 Å². The first-order valence-electron chi connectivity index (χ1n) is 12.0. The molecule has 2 heterocycles. The van der Waals surface area contributed by atoms with Crippen LogP contribution in [0.4, 0.5) is 0 Å². The molecule has 0 saturated carbocycles. The third-order valence-corrected chi connectivity index (χ3v) is 6.85. The van der Waals surface area contributed by atoms with Crippen molar-refractivity contribution in [2.45, 2.75) is 82.5 Å². The third-order valence-electron chi connectivity index (χ3n) is 6.85. The number of unbranched alkanes of at least 4 members (excludes halogenated alkanes) is 1. The van der Waals surface area contributed by atoms with Crippen molar-refractivity contribution in [2.75, 3.05) is 13.1 Å². The molecular weight excluding hydrogens is 390 g/mol. The van der Waals surface area contributed by atoms with E-state index >= 15 is 0 Å². The smallest absolute Gasteiger partial charge is 0.303 e. The summed E-state index contributed by atoms with van der Waals surface area (Å²) in [4.78, 5) is 10.6. The summed E-state index contributed by atoms with van der Waals surface area (Å²) >= 11 is 0. The van der Waals surface area contributed by atoms with Gasteiger partial charge in [0.25, 0.3) is 0 Å². The first kappa shape index (κ1) is 24.0. The van der Waals surface area contributed by atoms with Gasteiger partial charge in [-0.1, -0.05) is 55.8 Å². The number of carbonyl (C=O) groups is 1. The van der Waals surface area contributed by atoms with Crippen molar-refractivity contribution >= 4 is 5.97 Å². The zero-order valence-electron chi connectivity index (χ0n) is 18.8. The van der Waals surface area contributed by atoms with Crippen LogP contribution in [0.3, 0.4) is 0 Å². The monoisotopic (exact) mass is 429 g/mol. The largest absolute Gasteiger partial charge is 0.481 e. The van der Waals surface area contributed by atoms with E-state index in [1.165, 1.54) is 5.56 Å². The van der Waals surface area contributed by atoms with Crippen LogP contribution >= 0.6 is 0 Å². The standard InChI is InChI=1S/C26H39NO4/c1-2-16-26(30,17-20-10-6-5-7-11-20)19-27-18-22-21(23-14-15-24(22)31-23)12-8-3-4-9-13-25(28)29/h3,5-8,10-11,21-24,27,30H,2,4,9,12-19H2,1H3,(H,28,29)/b8-3-/t21-,22-,23-,24+,26?/m1/s1. The molecule has 0 radical (unpaired) electrons. The number of allylic oxidation sites excluding steroid dienone is 2. The number of benzene rings is 1. The van der Waals surface area contributed by atoms with Crippen LogP contribution in [0.1, 0.15) is 63.9 Å². The molecule has 1 aromatic rings. The molecule has 5 atom stereocenters. The highest BCUT2D eigenvalue weighted by molar-refractivity contribution is 5.66. The van der Waals surface area contributed by atoms with E-state index in [1.807, 2.05) is 18.2 Å². The van der Waals surface area contributed by atoms with Gasteiger partial charge in [-0.25, -0.2) is 0 Å². The Hall–Kier alpha value is -1.69. The maximum atomic E-state index is 11.3. The van der Waals surface area contributed by atoms with Gasteiger partial charge in [0, 0.05) is 31.8 Å². The summed E-state index contributed by atoms with van der Waals surface area (Å²) in [5.41, 5.74) is 0.447. The molecule has 2 aliphatic heterocycles. The fraction of sp³-hybridized carbons (Fsp3) is 0.654. The lowest BCUT2D eigenvalue weighted by Gasteiger charge is -2.32. The van der Waals surface area contributed by atoms with Crippen molar-refractivity contribution in [3.05, 3.63) is 48.0 Å². The van der Waals surface area contributed by atoms with Crippen LogP contribution < -0.4 is 5.32 Å². The Morgan fingerprint density at radius 2 is 1.94 bits per heavy atom. The minimum Gasteiger partial charge on any atom is -0.481 e. The van der Waals surface area contributed by atoms with E-state index in [9.17, 15) is 9.90 Å². The molecule has 172 valence electrons. The van der Waals surface area contributed by atoms with Crippen LogP contribution in [0, 0.1) is 11.8 Å².